The lowest BCUT2D eigenvalue weighted by Gasteiger charge is -1.95. The fourth-order valence-corrected chi connectivity index (χ4v) is 1.02. The molecule has 1 heterocycles. The van der Waals surface area contributed by atoms with Crippen molar-refractivity contribution in [1.82, 2.24) is 20.2 Å². The van der Waals surface area contributed by atoms with E-state index in [1.165, 1.54) is 12.8 Å². The van der Waals surface area contributed by atoms with E-state index in [-0.39, 0.29) is 0 Å². The van der Waals surface area contributed by atoms with Crippen LogP contribution in [-0.4, -0.2) is 20.2 Å². The smallest absolute Gasteiger partial charge is 0.164 e. The molecule has 0 atom stereocenters. The predicted molar refractivity (Wildman–Crippen MR) is 46.7 cm³/mol. The Balaban J connectivity index is 2.31. The zero-order valence-electron chi connectivity index (χ0n) is 7.82. The molecule has 0 fully saturated rings. The molecule has 0 spiro atoms. The number of tetrazole rings is 1. The third-order valence-electron chi connectivity index (χ3n) is 1.77. The Morgan fingerprint density at radius 2 is 2.08 bits per heavy atom. The molecule has 0 saturated heterocycles. The van der Waals surface area contributed by atoms with Gasteiger partial charge in [0.25, 0.3) is 0 Å². The largest absolute Gasteiger partial charge is 0.174 e. The van der Waals surface area contributed by atoms with Gasteiger partial charge in [0.15, 0.2) is 5.82 Å². The highest BCUT2D eigenvalue weighted by Crippen LogP contribution is 1.96. The maximum atomic E-state index is 4.19. The van der Waals surface area contributed by atoms with Crippen molar-refractivity contribution in [3.05, 3.63) is 5.82 Å². The lowest BCUT2D eigenvalue weighted by Crippen LogP contribution is -2.02. The molecule has 0 saturated carbocycles. The minimum atomic E-state index is 0.839. The SMILES string of the molecule is CCCCCn1nnc(CC)n1. The quantitative estimate of drug-likeness (QED) is 0.624. The number of aryl methyl sites for hydroxylation is 2. The molecule has 0 aromatic carbocycles. The summed E-state index contributed by atoms with van der Waals surface area (Å²) in [6.45, 7) is 5.13. The molecule has 0 unspecified atom stereocenters. The molecule has 0 aliphatic heterocycles. The zero-order chi connectivity index (χ0) is 8.81. The number of aromatic nitrogens is 4. The summed E-state index contributed by atoms with van der Waals surface area (Å²) in [5.74, 6) is 0.839. The van der Waals surface area contributed by atoms with Gasteiger partial charge in [-0.3, -0.25) is 0 Å². The summed E-state index contributed by atoms with van der Waals surface area (Å²) in [4.78, 5) is 1.69. The molecule has 4 heteroatoms. The summed E-state index contributed by atoms with van der Waals surface area (Å²) in [6.07, 6.45) is 4.49. The molecule has 0 aliphatic carbocycles. The van der Waals surface area contributed by atoms with E-state index in [1.54, 1.807) is 4.80 Å². The number of nitrogens with zero attached hydrogens (tertiary/aromatic N) is 4. The summed E-state index contributed by atoms with van der Waals surface area (Å²) in [7, 11) is 0. The average molecular weight is 168 g/mol. The molecule has 1 rings (SSSR count). The van der Waals surface area contributed by atoms with E-state index in [0.29, 0.717) is 0 Å². The molecule has 0 N–H and O–H groups in total. The van der Waals surface area contributed by atoms with Crippen molar-refractivity contribution >= 4 is 0 Å². The maximum absolute atomic E-state index is 4.19. The number of unbranched alkanes of at least 4 members (excludes halogenated alkanes) is 2. The Morgan fingerprint density at radius 3 is 2.67 bits per heavy atom. The molecule has 1 aromatic rings. The van der Waals surface area contributed by atoms with E-state index < -0.39 is 0 Å². The number of hydrogen-bond acceptors (Lipinski definition) is 3. The Kier molecular flexibility index (Phi) is 3.70. The molecule has 1 aromatic heterocycles. The van der Waals surface area contributed by atoms with Crippen molar-refractivity contribution in [3.63, 3.8) is 0 Å². The number of rotatable bonds is 5. The van der Waals surface area contributed by atoms with Crippen LogP contribution in [0.2, 0.25) is 0 Å². The van der Waals surface area contributed by atoms with Crippen LogP contribution in [0.4, 0.5) is 0 Å². The van der Waals surface area contributed by atoms with E-state index in [0.717, 1.165) is 25.2 Å². The average Bonchev–Trinajstić information content (AvgIpc) is 2.53. The highest BCUT2D eigenvalue weighted by molar-refractivity contribution is 4.73. The molecule has 12 heavy (non-hydrogen) atoms. The van der Waals surface area contributed by atoms with E-state index in [2.05, 4.69) is 22.3 Å². The van der Waals surface area contributed by atoms with Crippen molar-refractivity contribution in [1.29, 1.82) is 0 Å². The predicted octanol–water partition coefficient (Wildman–Crippen LogP) is 1.43. The molecular weight excluding hydrogens is 152 g/mol. The number of hydrogen-bond donors (Lipinski definition) is 0. The van der Waals surface area contributed by atoms with E-state index in [9.17, 15) is 0 Å². The second kappa shape index (κ2) is 4.85. The minimum absolute atomic E-state index is 0.839. The molecule has 0 amide bonds. The molecule has 0 radical (unpaired) electrons. The second-order valence-electron chi connectivity index (χ2n) is 2.86. The maximum Gasteiger partial charge on any atom is 0.174 e. The van der Waals surface area contributed by atoms with Gasteiger partial charge in [-0.05, 0) is 11.6 Å². The van der Waals surface area contributed by atoms with Gasteiger partial charge in [0.1, 0.15) is 0 Å². The Hall–Kier alpha value is -0.930. The van der Waals surface area contributed by atoms with Crippen LogP contribution in [0.3, 0.4) is 0 Å². The summed E-state index contributed by atoms with van der Waals surface area (Å²) >= 11 is 0. The molecule has 0 aliphatic rings. The van der Waals surface area contributed by atoms with Gasteiger partial charge < -0.3 is 0 Å². The van der Waals surface area contributed by atoms with Crippen LogP contribution in [0.5, 0.6) is 0 Å². The van der Waals surface area contributed by atoms with Gasteiger partial charge in [0, 0.05) is 6.42 Å². The van der Waals surface area contributed by atoms with Crippen LogP contribution in [-0.2, 0) is 13.0 Å². The third kappa shape index (κ3) is 2.60. The first-order valence-corrected chi connectivity index (χ1v) is 4.63. The van der Waals surface area contributed by atoms with Crippen LogP contribution in [0.25, 0.3) is 0 Å². The first-order valence-electron chi connectivity index (χ1n) is 4.63. The fraction of sp³-hybridized carbons (Fsp3) is 0.875. The summed E-state index contributed by atoms with van der Waals surface area (Å²) in [5, 5.41) is 12.0. The van der Waals surface area contributed by atoms with Crippen molar-refractivity contribution < 1.29 is 0 Å². The highest BCUT2D eigenvalue weighted by Gasteiger charge is 1.98. The highest BCUT2D eigenvalue weighted by atomic mass is 15.6. The lowest BCUT2D eigenvalue weighted by atomic mass is 10.2. The fourth-order valence-electron chi connectivity index (χ4n) is 1.02. The summed E-state index contributed by atoms with van der Waals surface area (Å²) in [6, 6.07) is 0. The molecule has 68 valence electrons. The van der Waals surface area contributed by atoms with Crippen molar-refractivity contribution in [2.75, 3.05) is 0 Å². The van der Waals surface area contributed by atoms with Gasteiger partial charge in [-0.2, -0.15) is 4.80 Å². The Labute approximate surface area is 73.0 Å². The van der Waals surface area contributed by atoms with Crippen molar-refractivity contribution in [2.45, 2.75) is 46.1 Å². The van der Waals surface area contributed by atoms with Gasteiger partial charge in [-0.1, -0.05) is 26.7 Å². The first kappa shape index (κ1) is 9.16. The van der Waals surface area contributed by atoms with Gasteiger partial charge >= 0.3 is 0 Å². The van der Waals surface area contributed by atoms with E-state index in [1.807, 2.05) is 6.92 Å². The second-order valence-corrected chi connectivity index (χ2v) is 2.86. The Bertz CT molecular complexity index is 219. The molecule has 0 bridgehead atoms. The van der Waals surface area contributed by atoms with E-state index >= 15 is 0 Å². The molecular formula is C8H16N4. The standard InChI is InChI=1S/C8H16N4/c1-3-5-6-7-12-10-8(4-2)9-11-12/h3-7H2,1-2H3. The normalized spacial score (nSPS) is 10.5. The monoisotopic (exact) mass is 168 g/mol. The topological polar surface area (TPSA) is 43.6 Å². The lowest BCUT2D eigenvalue weighted by molar-refractivity contribution is 0.484. The third-order valence-corrected chi connectivity index (χ3v) is 1.77. The van der Waals surface area contributed by atoms with Gasteiger partial charge in [-0.15, -0.1) is 10.2 Å². The van der Waals surface area contributed by atoms with E-state index in [4.69, 9.17) is 0 Å². The van der Waals surface area contributed by atoms with Crippen LogP contribution < -0.4 is 0 Å². The van der Waals surface area contributed by atoms with Crippen molar-refractivity contribution in [3.8, 4) is 0 Å². The zero-order valence-corrected chi connectivity index (χ0v) is 7.82. The molecule has 4 nitrogen and oxygen atoms in total. The summed E-state index contributed by atoms with van der Waals surface area (Å²) in [5.41, 5.74) is 0. The minimum Gasteiger partial charge on any atom is -0.164 e. The van der Waals surface area contributed by atoms with Gasteiger partial charge in [0.2, 0.25) is 0 Å². The first-order chi connectivity index (χ1) is 5.86. The Morgan fingerprint density at radius 1 is 1.25 bits per heavy atom. The van der Waals surface area contributed by atoms with Crippen LogP contribution >= 0.6 is 0 Å². The van der Waals surface area contributed by atoms with Gasteiger partial charge in [0.05, 0.1) is 6.54 Å². The van der Waals surface area contributed by atoms with Gasteiger partial charge in [-0.25, -0.2) is 0 Å². The van der Waals surface area contributed by atoms with Crippen molar-refractivity contribution in [2.24, 2.45) is 0 Å². The van der Waals surface area contributed by atoms with Crippen LogP contribution in [0.15, 0.2) is 0 Å². The van der Waals surface area contributed by atoms with Crippen LogP contribution in [0, 0.1) is 0 Å². The summed E-state index contributed by atoms with van der Waals surface area (Å²) < 4.78 is 0. The van der Waals surface area contributed by atoms with Crippen LogP contribution in [0.1, 0.15) is 38.9 Å².